The number of fused-ring (bicyclic) bond motifs is 4. The quantitative estimate of drug-likeness (QED) is 0.120. The van der Waals surface area contributed by atoms with Crippen molar-refractivity contribution in [2.24, 2.45) is 23.2 Å². The number of rotatable bonds is 11. The highest BCUT2D eigenvalue weighted by molar-refractivity contribution is 7.92. The van der Waals surface area contributed by atoms with E-state index in [2.05, 4.69) is 37.2 Å². The van der Waals surface area contributed by atoms with Crippen molar-refractivity contribution in [3.05, 3.63) is 76.4 Å². The first-order valence-corrected chi connectivity index (χ1v) is 19.8. The SMILES string of the molecule is COc1ccc(-c2ccc(C#CC(C)(C)C)nc2[C@H](CC2C=C(F)C=C(F)C2C)NC(=O)Cn2nc(C(F)F)c3c2C(F)(F)[C@@H]2C[C@H]32)c2nnc(NS(C)(=O)=O)n12. The summed E-state index contributed by atoms with van der Waals surface area (Å²) < 4.78 is 123. The largest absolute Gasteiger partial charge is 0.482 e. The maximum absolute atomic E-state index is 15.4. The van der Waals surface area contributed by atoms with Crippen LogP contribution in [0.5, 0.6) is 5.88 Å². The molecule has 0 aliphatic heterocycles. The van der Waals surface area contributed by atoms with Gasteiger partial charge in [0.05, 0.1) is 25.1 Å². The molecule has 2 N–H and O–H groups in total. The van der Waals surface area contributed by atoms with E-state index in [0.29, 0.717) is 15.8 Å². The second-order valence-electron chi connectivity index (χ2n) is 15.5. The Morgan fingerprint density at radius 2 is 1.82 bits per heavy atom. The Morgan fingerprint density at radius 3 is 2.49 bits per heavy atom. The van der Waals surface area contributed by atoms with E-state index in [0.717, 1.165) is 12.3 Å². The lowest BCUT2D eigenvalue weighted by atomic mass is 9.82. The molecule has 19 heteroatoms. The molecule has 0 saturated heterocycles. The van der Waals surface area contributed by atoms with Gasteiger partial charge >= 0.3 is 0 Å². The number of alkyl halides is 4. The molecule has 3 aliphatic rings. The number of nitrogens with one attached hydrogen (secondary N) is 2. The maximum Gasteiger partial charge on any atom is 0.293 e. The van der Waals surface area contributed by atoms with Gasteiger partial charge in [-0.3, -0.25) is 14.2 Å². The number of allylic oxidation sites excluding steroid dienone is 4. The summed E-state index contributed by atoms with van der Waals surface area (Å²) in [7, 11) is -2.49. The van der Waals surface area contributed by atoms with Gasteiger partial charge in [0.2, 0.25) is 27.8 Å². The first-order valence-electron chi connectivity index (χ1n) is 17.9. The van der Waals surface area contributed by atoms with Gasteiger partial charge in [-0.2, -0.15) is 13.9 Å². The molecule has 2 unspecified atom stereocenters. The second-order valence-corrected chi connectivity index (χ2v) is 17.3. The lowest BCUT2D eigenvalue weighted by Gasteiger charge is -2.29. The van der Waals surface area contributed by atoms with Gasteiger partial charge in [0.25, 0.3) is 12.3 Å². The minimum absolute atomic E-state index is 0.0354. The molecule has 4 aromatic rings. The van der Waals surface area contributed by atoms with E-state index in [1.54, 1.807) is 18.2 Å². The number of methoxy groups -OCH3 is 1. The zero-order chi connectivity index (χ0) is 41.4. The summed E-state index contributed by atoms with van der Waals surface area (Å²) in [5.41, 5.74) is -1.20. The second kappa shape index (κ2) is 14.2. The van der Waals surface area contributed by atoms with Crippen LogP contribution in [0.3, 0.4) is 0 Å². The van der Waals surface area contributed by atoms with Crippen LogP contribution in [-0.2, 0) is 27.3 Å². The van der Waals surface area contributed by atoms with E-state index in [9.17, 15) is 26.4 Å². The average molecular weight is 817 g/mol. The third-order valence-electron chi connectivity index (χ3n) is 10.1. The standard InChI is InChI=1S/C38H38F6N8O4S/c1-18-19(13-20(39)15-26(18)40)14-27(46-28(53)17-51-33-30(32(49-51)34(41)42)24-16-25(24)38(33,43)44)31-22(8-7-21(45-31)11-12-37(2,3)4)23-9-10-29(56-5)52-35(23)47-48-36(52)50-57(6,54)55/h7-10,13,15,18-19,24-25,27,34H,14,16-17H2,1-6H3,(H,46,53)(H,48,50)/t18?,19?,24-,25+,27-/m0/s1. The number of sulfonamides is 1. The van der Waals surface area contributed by atoms with E-state index in [1.165, 1.54) is 30.6 Å². The molecule has 7 rings (SSSR count). The van der Waals surface area contributed by atoms with Crippen LogP contribution >= 0.6 is 0 Å². The summed E-state index contributed by atoms with van der Waals surface area (Å²) in [5, 5.41) is 14.8. The third-order valence-corrected chi connectivity index (χ3v) is 10.7. The maximum atomic E-state index is 15.4. The number of anilines is 1. The van der Waals surface area contributed by atoms with Crippen LogP contribution in [0.1, 0.15) is 87.3 Å². The van der Waals surface area contributed by atoms with E-state index in [1.807, 2.05) is 20.8 Å². The number of hydrogen-bond donors (Lipinski definition) is 2. The van der Waals surface area contributed by atoms with Gasteiger partial charge in [0, 0.05) is 40.0 Å². The molecule has 1 fully saturated rings. The lowest BCUT2D eigenvalue weighted by molar-refractivity contribution is -0.123. The van der Waals surface area contributed by atoms with Crippen molar-refractivity contribution in [2.75, 3.05) is 18.1 Å². The first kappa shape index (κ1) is 39.8. The molecule has 1 amide bonds. The minimum Gasteiger partial charge on any atom is -0.482 e. The predicted octanol–water partition coefficient (Wildman–Crippen LogP) is 7.13. The number of ether oxygens (including phenoxy) is 1. The average Bonchev–Trinajstić information content (AvgIpc) is 3.60. The number of pyridine rings is 2. The molecule has 57 heavy (non-hydrogen) atoms. The fraction of sp³-hybridized carbons (Fsp3) is 0.447. The predicted molar refractivity (Wildman–Crippen MR) is 196 cm³/mol. The Bertz CT molecular complexity index is 2530. The number of halogens is 6. The Morgan fingerprint density at radius 1 is 1.11 bits per heavy atom. The van der Waals surface area contributed by atoms with E-state index in [4.69, 9.17) is 9.72 Å². The molecular formula is C38H38F6N8O4S. The molecule has 1 saturated carbocycles. The van der Waals surface area contributed by atoms with Gasteiger partial charge < -0.3 is 10.1 Å². The van der Waals surface area contributed by atoms with Crippen molar-refractivity contribution in [2.45, 2.75) is 71.4 Å². The molecule has 0 aromatic carbocycles. The Labute approximate surface area is 323 Å². The van der Waals surface area contributed by atoms with Crippen LogP contribution in [0.4, 0.5) is 32.3 Å². The highest BCUT2D eigenvalue weighted by Crippen LogP contribution is 2.68. The molecule has 4 aromatic heterocycles. The fourth-order valence-electron chi connectivity index (χ4n) is 7.46. The van der Waals surface area contributed by atoms with Gasteiger partial charge in [-0.15, -0.1) is 10.2 Å². The Kier molecular flexibility index (Phi) is 9.94. The molecule has 3 aliphatic carbocycles. The molecule has 302 valence electrons. The van der Waals surface area contributed by atoms with Crippen molar-refractivity contribution in [1.82, 2.24) is 34.7 Å². The van der Waals surface area contributed by atoms with Crippen LogP contribution in [0.2, 0.25) is 0 Å². The minimum atomic E-state index is -3.84. The summed E-state index contributed by atoms with van der Waals surface area (Å²) >= 11 is 0. The number of carbonyl (C=O) groups excluding carboxylic acids is 1. The van der Waals surface area contributed by atoms with Crippen LogP contribution in [0.15, 0.2) is 48.1 Å². The van der Waals surface area contributed by atoms with Crippen LogP contribution in [-0.4, -0.2) is 57.1 Å². The van der Waals surface area contributed by atoms with Gasteiger partial charge in [-0.05, 0) is 81.7 Å². The van der Waals surface area contributed by atoms with E-state index in [-0.39, 0.29) is 47.3 Å². The summed E-state index contributed by atoms with van der Waals surface area (Å²) in [4.78, 5) is 18.8. The number of hydrogen-bond acceptors (Lipinski definition) is 8. The number of aromatic nitrogens is 6. The molecular weight excluding hydrogens is 779 g/mol. The molecule has 12 nitrogen and oxygen atoms in total. The molecule has 0 spiro atoms. The zero-order valence-electron chi connectivity index (χ0n) is 31.5. The Balaban J connectivity index is 1.37. The van der Waals surface area contributed by atoms with Crippen molar-refractivity contribution in [3.8, 4) is 28.8 Å². The number of nitrogens with zero attached hydrogens (tertiary/aromatic N) is 6. The van der Waals surface area contributed by atoms with Crippen molar-refractivity contribution >= 4 is 27.5 Å². The van der Waals surface area contributed by atoms with Crippen molar-refractivity contribution in [3.63, 3.8) is 0 Å². The van der Waals surface area contributed by atoms with E-state index < -0.39 is 93.0 Å². The van der Waals surface area contributed by atoms with Crippen molar-refractivity contribution in [1.29, 1.82) is 0 Å². The Hall–Kier alpha value is -5.38. The molecule has 0 radical (unpaired) electrons. The summed E-state index contributed by atoms with van der Waals surface area (Å²) in [6, 6.07) is 5.09. The van der Waals surface area contributed by atoms with Gasteiger partial charge in [-0.25, -0.2) is 35.4 Å². The fourth-order valence-corrected chi connectivity index (χ4v) is 7.93. The van der Waals surface area contributed by atoms with Crippen LogP contribution < -0.4 is 14.8 Å². The summed E-state index contributed by atoms with van der Waals surface area (Å²) in [6.45, 7) is 6.29. The summed E-state index contributed by atoms with van der Waals surface area (Å²) in [5.74, 6) is -3.65. The lowest BCUT2D eigenvalue weighted by Crippen LogP contribution is -2.36. The van der Waals surface area contributed by atoms with Crippen LogP contribution in [0, 0.1) is 35.0 Å². The van der Waals surface area contributed by atoms with E-state index >= 15 is 13.2 Å². The molecule has 4 heterocycles. The van der Waals surface area contributed by atoms with Gasteiger partial charge in [0.15, 0.2) is 5.65 Å². The smallest absolute Gasteiger partial charge is 0.293 e. The topological polar surface area (TPSA) is 145 Å². The third kappa shape index (κ3) is 7.71. The normalized spacial score (nSPS) is 21.6. The highest BCUT2D eigenvalue weighted by atomic mass is 32.2. The van der Waals surface area contributed by atoms with Crippen LogP contribution in [0.25, 0.3) is 16.8 Å². The molecule has 0 bridgehead atoms. The number of carbonyl (C=O) groups is 1. The number of amides is 1. The first-order chi connectivity index (χ1) is 26.7. The highest BCUT2D eigenvalue weighted by Gasteiger charge is 2.67. The van der Waals surface area contributed by atoms with Gasteiger partial charge in [-0.1, -0.05) is 12.8 Å². The van der Waals surface area contributed by atoms with Gasteiger partial charge in [0.1, 0.15) is 35.3 Å². The monoisotopic (exact) mass is 816 g/mol. The van der Waals surface area contributed by atoms with Crippen molar-refractivity contribution < 1.29 is 44.3 Å². The zero-order valence-corrected chi connectivity index (χ0v) is 32.4. The molecule has 5 atom stereocenters. The summed E-state index contributed by atoms with van der Waals surface area (Å²) in [6.07, 6.45) is -0.421.